The van der Waals surface area contributed by atoms with Crippen LogP contribution in [0.2, 0.25) is 0 Å². The molecule has 4 nitrogen and oxygen atoms in total. The Labute approximate surface area is 109 Å². The van der Waals surface area contributed by atoms with E-state index in [1.165, 1.54) is 11.1 Å². The van der Waals surface area contributed by atoms with Gasteiger partial charge < -0.3 is 0 Å². The lowest BCUT2D eigenvalue weighted by Crippen LogP contribution is -2.30. The fourth-order valence-corrected chi connectivity index (χ4v) is 2.71. The van der Waals surface area contributed by atoms with Gasteiger partial charge in [-0.15, -0.1) is 11.3 Å². The Morgan fingerprint density at radius 3 is 2.83 bits per heavy atom. The molecule has 2 aromatic rings. The minimum atomic E-state index is -0.356. The lowest BCUT2D eigenvalue weighted by atomic mass is 10.1. The average Bonchev–Trinajstić information content (AvgIpc) is 2.66. The summed E-state index contributed by atoms with van der Waals surface area (Å²) in [6.45, 7) is 3.99. The normalized spacial score (nSPS) is 12.7. The van der Waals surface area contributed by atoms with E-state index < -0.39 is 0 Å². The molecule has 0 aliphatic rings. The van der Waals surface area contributed by atoms with Crippen molar-refractivity contribution in [1.82, 2.24) is 15.4 Å². The summed E-state index contributed by atoms with van der Waals surface area (Å²) in [6, 6.07) is 1.34. The lowest BCUT2D eigenvalue weighted by molar-refractivity contribution is 0.507. The first-order valence-electron chi connectivity index (χ1n) is 5.60. The first-order valence-corrected chi connectivity index (χ1v) is 6.42. The molecule has 96 valence electrons. The Morgan fingerprint density at radius 2 is 2.28 bits per heavy atom. The predicted molar refractivity (Wildman–Crippen MR) is 69.6 cm³/mol. The van der Waals surface area contributed by atoms with Crippen molar-refractivity contribution < 1.29 is 4.39 Å². The summed E-state index contributed by atoms with van der Waals surface area (Å²) in [5.41, 5.74) is 4.16. The zero-order valence-electron chi connectivity index (χ0n) is 10.3. The van der Waals surface area contributed by atoms with Crippen molar-refractivity contribution in [3.63, 3.8) is 0 Å². The fourth-order valence-electron chi connectivity index (χ4n) is 1.73. The van der Waals surface area contributed by atoms with E-state index in [4.69, 9.17) is 5.84 Å². The molecular weight excluding hydrogens is 251 g/mol. The number of aromatic nitrogens is 2. The van der Waals surface area contributed by atoms with Crippen molar-refractivity contribution in [2.75, 3.05) is 0 Å². The van der Waals surface area contributed by atoms with Gasteiger partial charge in [0.1, 0.15) is 5.82 Å². The maximum atomic E-state index is 13.6. The molecule has 2 heterocycles. The Kier molecular flexibility index (Phi) is 4.00. The summed E-state index contributed by atoms with van der Waals surface area (Å²) >= 11 is 1.61. The van der Waals surface area contributed by atoms with Crippen LogP contribution in [0.3, 0.4) is 0 Å². The number of thiazole rings is 1. The number of rotatable bonds is 4. The lowest BCUT2D eigenvalue weighted by Gasteiger charge is -2.15. The fraction of sp³-hybridized carbons (Fsp3) is 0.333. The third-order valence-electron chi connectivity index (χ3n) is 2.83. The number of nitrogens with two attached hydrogens (primary N) is 1. The molecule has 2 rings (SSSR count). The van der Waals surface area contributed by atoms with Crippen molar-refractivity contribution in [2.24, 2.45) is 5.84 Å². The molecule has 3 N–H and O–H groups in total. The SMILES string of the molecule is Cc1nc(CC(NN)c2ccncc2F)sc1C. The van der Waals surface area contributed by atoms with E-state index in [-0.39, 0.29) is 11.9 Å². The van der Waals surface area contributed by atoms with Crippen LogP contribution in [0.5, 0.6) is 0 Å². The average molecular weight is 266 g/mol. The van der Waals surface area contributed by atoms with Crippen LogP contribution in [-0.2, 0) is 6.42 Å². The second kappa shape index (κ2) is 5.51. The molecule has 18 heavy (non-hydrogen) atoms. The first-order chi connectivity index (χ1) is 8.61. The molecule has 6 heteroatoms. The van der Waals surface area contributed by atoms with Crippen LogP contribution in [0.4, 0.5) is 4.39 Å². The maximum Gasteiger partial charge on any atom is 0.146 e. The zero-order chi connectivity index (χ0) is 13.1. The number of hydrazine groups is 1. The molecule has 1 atom stereocenters. The van der Waals surface area contributed by atoms with Crippen molar-refractivity contribution in [1.29, 1.82) is 0 Å². The van der Waals surface area contributed by atoms with Crippen LogP contribution >= 0.6 is 11.3 Å². The van der Waals surface area contributed by atoms with Crippen LogP contribution in [0.25, 0.3) is 0 Å². The molecule has 0 amide bonds. The molecule has 2 aromatic heterocycles. The van der Waals surface area contributed by atoms with Crippen LogP contribution in [0, 0.1) is 19.7 Å². The largest absolute Gasteiger partial charge is 0.271 e. The summed E-state index contributed by atoms with van der Waals surface area (Å²) in [4.78, 5) is 9.35. The number of hydrogen-bond acceptors (Lipinski definition) is 5. The number of aryl methyl sites for hydroxylation is 2. The van der Waals surface area contributed by atoms with E-state index in [0.29, 0.717) is 12.0 Å². The van der Waals surface area contributed by atoms with Gasteiger partial charge in [-0.05, 0) is 19.9 Å². The van der Waals surface area contributed by atoms with E-state index in [9.17, 15) is 4.39 Å². The molecule has 0 aliphatic carbocycles. The molecule has 0 aromatic carbocycles. The molecule has 0 saturated heterocycles. The van der Waals surface area contributed by atoms with Crippen LogP contribution in [-0.4, -0.2) is 9.97 Å². The quantitative estimate of drug-likeness (QED) is 0.656. The second-order valence-electron chi connectivity index (χ2n) is 4.07. The van der Waals surface area contributed by atoms with Crippen molar-refractivity contribution in [3.8, 4) is 0 Å². The predicted octanol–water partition coefficient (Wildman–Crippen LogP) is 2.04. The zero-order valence-corrected chi connectivity index (χ0v) is 11.1. The number of pyridine rings is 1. The van der Waals surface area contributed by atoms with Crippen LogP contribution < -0.4 is 11.3 Å². The Morgan fingerprint density at radius 1 is 1.50 bits per heavy atom. The number of halogens is 1. The summed E-state index contributed by atoms with van der Waals surface area (Å²) in [6.07, 6.45) is 3.32. The van der Waals surface area contributed by atoms with Gasteiger partial charge in [0.15, 0.2) is 0 Å². The van der Waals surface area contributed by atoms with Gasteiger partial charge >= 0.3 is 0 Å². The van der Waals surface area contributed by atoms with Gasteiger partial charge in [-0.3, -0.25) is 16.3 Å². The highest BCUT2D eigenvalue weighted by Gasteiger charge is 2.17. The third-order valence-corrected chi connectivity index (χ3v) is 3.93. The third kappa shape index (κ3) is 2.72. The summed E-state index contributed by atoms with van der Waals surface area (Å²) < 4.78 is 13.6. The minimum Gasteiger partial charge on any atom is -0.271 e. The highest BCUT2D eigenvalue weighted by molar-refractivity contribution is 7.11. The molecule has 0 spiro atoms. The molecular formula is C12H15FN4S. The van der Waals surface area contributed by atoms with E-state index in [1.54, 1.807) is 23.6 Å². The maximum absolute atomic E-state index is 13.6. The highest BCUT2D eigenvalue weighted by atomic mass is 32.1. The number of nitrogens with zero attached hydrogens (tertiary/aromatic N) is 2. The smallest absolute Gasteiger partial charge is 0.146 e. The molecule has 0 fully saturated rings. The monoisotopic (exact) mass is 266 g/mol. The minimum absolute atomic E-state index is 0.294. The molecule has 0 aliphatic heterocycles. The highest BCUT2D eigenvalue weighted by Crippen LogP contribution is 2.24. The summed E-state index contributed by atoms with van der Waals surface area (Å²) in [5.74, 6) is 5.15. The van der Waals surface area contributed by atoms with Crippen LogP contribution in [0.15, 0.2) is 18.5 Å². The van der Waals surface area contributed by atoms with Gasteiger partial charge in [-0.25, -0.2) is 9.37 Å². The van der Waals surface area contributed by atoms with Crippen molar-refractivity contribution in [3.05, 3.63) is 45.4 Å². The van der Waals surface area contributed by atoms with E-state index >= 15 is 0 Å². The van der Waals surface area contributed by atoms with E-state index in [2.05, 4.69) is 15.4 Å². The van der Waals surface area contributed by atoms with E-state index in [0.717, 1.165) is 10.7 Å². The summed E-state index contributed by atoms with van der Waals surface area (Å²) in [7, 11) is 0. The van der Waals surface area contributed by atoms with Gasteiger partial charge in [0.05, 0.1) is 22.9 Å². The van der Waals surface area contributed by atoms with Crippen molar-refractivity contribution in [2.45, 2.75) is 26.3 Å². The number of nitrogens with one attached hydrogen (secondary N) is 1. The summed E-state index contributed by atoms with van der Waals surface area (Å²) in [5, 5.41) is 0.948. The van der Waals surface area contributed by atoms with Crippen LogP contribution in [0.1, 0.15) is 27.2 Å². The topological polar surface area (TPSA) is 63.8 Å². The van der Waals surface area contributed by atoms with Gasteiger partial charge in [-0.1, -0.05) is 0 Å². The molecule has 0 bridgehead atoms. The van der Waals surface area contributed by atoms with Gasteiger partial charge in [-0.2, -0.15) is 0 Å². The number of hydrogen-bond donors (Lipinski definition) is 2. The van der Waals surface area contributed by atoms with Crippen molar-refractivity contribution >= 4 is 11.3 Å². The second-order valence-corrected chi connectivity index (χ2v) is 5.36. The van der Waals surface area contributed by atoms with Gasteiger partial charge in [0, 0.05) is 23.1 Å². The molecule has 1 unspecified atom stereocenters. The molecule has 0 radical (unpaired) electrons. The molecule has 0 saturated carbocycles. The first kappa shape index (κ1) is 13.1. The standard InChI is InChI=1S/C12H15FN4S/c1-7-8(2)18-12(16-7)5-11(17-14)9-3-4-15-6-10(9)13/h3-4,6,11,17H,5,14H2,1-2H3. The Bertz CT molecular complexity index is 521. The van der Waals surface area contributed by atoms with E-state index in [1.807, 2.05) is 13.8 Å². The van der Waals surface area contributed by atoms with Gasteiger partial charge in [0.2, 0.25) is 0 Å². The Balaban J connectivity index is 2.22. The Hall–Kier alpha value is -1.37. The van der Waals surface area contributed by atoms with Gasteiger partial charge in [0.25, 0.3) is 0 Å².